The molecule has 0 radical (unpaired) electrons. The van der Waals surface area contributed by atoms with E-state index in [4.69, 9.17) is 9.47 Å². The summed E-state index contributed by atoms with van der Waals surface area (Å²) >= 11 is 0. The summed E-state index contributed by atoms with van der Waals surface area (Å²) in [6.07, 6.45) is 7.17. The molecule has 1 N–H and O–H groups in total. The van der Waals surface area contributed by atoms with E-state index in [0.717, 1.165) is 54.3 Å². The average molecular weight is 361 g/mol. The monoisotopic (exact) mass is 361 g/mol. The Morgan fingerprint density at radius 1 is 1.00 bits per heavy atom. The Labute approximate surface area is 159 Å². The minimum atomic E-state index is 0.377. The van der Waals surface area contributed by atoms with Gasteiger partial charge in [-0.3, -0.25) is 9.97 Å². The van der Waals surface area contributed by atoms with E-state index < -0.39 is 0 Å². The number of nitrogens with zero attached hydrogens (tertiary/aromatic N) is 2. The van der Waals surface area contributed by atoms with Crippen LogP contribution < -0.4 is 14.8 Å². The molecule has 2 aromatic carbocycles. The zero-order valence-corrected chi connectivity index (χ0v) is 15.4. The summed E-state index contributed by atoms with van der Waals surface area (Å²) in [4.78, 5) is 8.37. The molecule has 4 rings (SSSR count). The lowest BCUT2D eigenvalue weighted by atomic mass is 9.96. The standard InChI is InChI=1S/C22H23N3O2/c1-26-20-4-5-22(27-15-19-14-24-10-11-25-19)21(13-20)18-3-2-16-6-8-23-9-7-17(16)12-18/h2-5,10-14,23H,6-9,15H2,1H3. The predicted octanol–water partition coefficient (Wildman–Crippen LogP) is 3.42. The van der Waals surface area contributed by atoms with E-state index in [2.05, 4.69) is 33.5 Å². The summed E-state index contributed by atoms with van der Waals surface area (Å²) < 4.78 is 11.5. The summed E-state index contributed by atoms with van der Waals surface area (Å²) in [6.45, 7) is 2.44. The van der Waals surface area contributed by atoms with E-state index in [1.54, 1.807) is 25.7 Å². The van der Waals surface area contributed by atoms with Gasteiger partial charge in [0.05, 0.1) is 19.0 Å². The first kappa shape index (κ1) is 17.5. The van der Waals surface area contributed by atoms with Gasteiger partial charge < -0.3 is 14.8 Å². The van der Waals surface area contributed by atoms with Crippen LogP contribution >= 0.6 is 0 Å². The maximum atomic E-state index is 6.08. The van der Waals surface area contributed by atoms with Crippen molar-refractivity contribution >= 4 is 0 Å². The summed E-state index contributed by atoms with van der Waals surface area (Å²) in [6, 6.07) is 12.6. The van der Waals surface area contributed by atoms with Crippen molar-refractivity contribution in [3.63, 3.8) is 0 Å². The smallest absolute Gasteiger partial charge is 0.132 e. The summed E-state index contributed by atoms with van der Waals surface area (Å²) in [5.74, 6) is 1.63. The Morgan fingerprint density at radius 3 is 2.70 bits per heavy atom. The van der Waals surface area contributed by atoms with Gasteiger partial charge in [-0.15, -0.1) is 0 Å². The van der Waals surface area contributed by atoms with E-state index in [9.17, 15) is 0 Å². The van der Waals surface area contributed by atoms with Gasteiger partial charge in [-0.2, -0.15) is 0 Å². The van der Waals surface area contributed by atoms with Crippen molar-refractivity contribution in [2.45, 2.75) is 19.4 Å². The van der Waals surface area contributed by atoms with Gasteiger partial charge in [-0.25, -0.2) is 0 Å². The van der Waals surface area contributed by atoms with Gasteiger partial charge in [0.1, 0.15) is 18.1 Å². The summed E-state index contributed by atoms with van der Waals surface area (Å²) in [5, 5.41) is 3.46. The fraction of sp³-hybridized carbons (Fsp3) is 0.273. The minimum Gasteiger partial charge on any atom is -0.497 e. The summed E-state index contributed by atoms with van der Waals surface area (Å²) in [5.41, 5.74) is 5.79. The highest BCUT2D eigenvalue weighted by atomic mass is 16.5. The molecule has 0 atom stereocenters. The largest absolute Gasteiger partial charge is 0.497 e. The number of rotatable bonds is 5. The topological polar surface area (TPSA) is 56.3 Å². The average Bonchev–Trinajstić information content (AvgIpc) is 2.97. The quantitative estimate of drug-likeness (QED) is 0.755. The van der Waals surface area contributed by atoms with Crippen LogP contribution in [0.2, 0.25) is 0 Å². The van der Waals surface area contributed by atoms with E-state index in [-0.39, 0.29) is 0 Å². The van der Waals surface area contributed by atoms with Gasteiger partial charge in [0.15, 0.2) is 0 Å². The van der Waals surface area contributed by atoms with Crippen LogP contribution in [0.1, 0.15) is 16.8 Å². The molecule has 0 saturated heterocycles. The first-order valence-electron chi connectivity index (χ1n) is 9.22. The normalized spacial score (nSPS) is 13.5. The molecule has 0 unspecified atom stereocenters. The van der Waals surface area contributed by atoms with E-state index in [1.807, 2.05) is 18.2 Å². The molecule has 5 nitrogen and oxygen atoms in total. The maximum absolute atomic E-state index is 6.08. The highest BCUT2D eigenvalue weighted by molar-refractivity contribution is 5.73. The molecule has 1 aromatic heterocycles. The number of ether oxygens (including phenoxy) is 2. The molecule has 0 bridgehead atoms. The number of nitrogens with one attached hydrogen (secondary N) is 1. The van der Waals surface area contributed by atoms with Crippen molar-refractivity contribution in [1.29, 1.82) is 0 Å². The number of aromatic nitrogens is 2. The van der Waals surface area contributed by atoms with Crippen molar-refractivity contribution in [3.05, 3.63) is 71.8 Å². The lowest BCUT2D eigenvalue weighted by Crippen LogP contribution is -2.16. The van der Waals surface area contributed by atoms with Crippen LogP contribution in [0.3, 0.4) is 0 Å². The lowest BCUT2D eigenvalue weighted by molar-refractivity contribution is 0.301. The molecule has 0 fully saturated rings. The van der Waals surface area contributed by atoms with Crippen LogP contribution in [0.4, 0.5) is 0 Å². The molecule has 2 heterocycles. The lowest BCUT2D eigenvalue weighted by Gasteiger charge is -2.15. The van der Waals surface area contributed by atoms with Gasteiger partial charge in [-0.05, 0) is 60.8 Å². The van der Waals surface area contributed by atoms with Crippen LogP contribution in [0.25, 0.3) is 11.1 Å². The van der Waals surface area contributed by atoms with Gasteiger partial charge in [0, 0.05) is 18.0 Å². The Kier molecular flexibility index (Phi) is 5.30. The van der Waals surface area contributed by atoms with Crippen LogP contribution in [0, 0.1) is 0 Å². The Morgan fingerprint density at radius 2 is 1.89 bits per heavy atom. The molecule has 0 saturated carbocycles. The molecule has 5 heteroatoms. The number of methoxy groups -OCH3 is 1. The van der Waals surface area contributed by atoms with Crippen molar-refractivity contribution in [3.8, 4) is 22.6 Å². The van der Waals surface area contributed by atoms with E-state index in [0.29, 0.717) is 6.61 Å². The second-order valence-corrected chi connectivity index (χ2v) is 6.58. The Balaban J connectivity index is 1.67. The van der Waals surface area contributed by atoms with Crippen LogP contribution in [-0.4, -0.2) is 30.2 Å². The van der Waals surface area contributed by atoms with Crippen LogP contribution in [0.15, 0.2) is 55.0 Å². The second-order valence-electron chi connectivity index (χ2n) is 6.58. The van der Waals surface area contributed by atoms with Crippen molar-refractivity contribution < 1.29 is 9.47 Å². The zero-order valence-electron chi connectivity index (χ0n) is 15.4. The van der Waals surface area contributed by atoms with Gasteiger partial charge in [-0.1, -0.05) is 18.2 Å². The molecule has 3 aromatic rings. The Hall–Kier alpha value is -2.92. The van der Waals surface area contributed by atoms with Crippen molar-refractivity contribution in [2.75, 3.05) is 20.2 Å². The van der Waals surface area contributed by atoms with Gasteiger partial charge in [0.2, 0.25) is 0 Å². The number of benzene rings is 2. The molecule has 1 aliphatic heterocycles. The third kappa shape index (κ3) is 4.09. The van der Waals surface area contributed by atoms with Crippen LogP contribution in [-0.2, 0) is 19.4 Å². The third-order valence-electron chi connectivity index (χ3n) is 4.84. The molecule has 27 heavy (non-hydrogen) atoms. The predicted molar refractivity (Wildman–Crippen MR) is 105 cm³/mol. The van der Waals surface area contributed by atoms with Gasteiger partial charge in [0.25, 0.3) is 0 Å². The van der Waals surface area contributed by atoms with Gasteiger partial charge >= 0.3 is 0 Å². The first-order chi connectivity index (χ1) is 13.3. The molecular formula is C22H23N3O2. The molecular weight excluding hydrogens is 338 g/mol. The zero-order chi connectivity index (χ0) is 18.5. The number of fused-ring (bicyclic) bond motifs is 1. The Bertz CT molecular complexity index is 913. The molecule has 138 valence electrons. The first-order valence-corrected chi connectivity index (χ1v) is 9.22. The fourth-order valence-corrected chi connectivity index (χ4v) is 3.38. The van der Waals surface area contributed by atoms with E-state index >= 15 is 0 Å². The molecule has 0 spiro atoms. The van der Waals surface area contributed by atoms with Crippen molar-refractivity contribution in [2.24, 2.45) is 0 Å². The highest BCUT2D eigenvalue weighted by Crippen LogP contribution is 2.35. The number of hydrogen-bond acceptors (Lipinski definition) is 5. The van der Waals surface area contributed by atoms with Crippen LogP contribution in [0.5, 0.6) is 11.5 Å². The third-order valence-corrected chi connectivity index (χ3v) is 4.84. The number of hydrogen-bond donors (Lipinski definition) is 1. The highest BCUT2D eigenvalue weighted by Gasteiger charge is 2.13. The minimum absolute atomic E-state index is 0.377. The SMILES string of the molecule is COc1ccc(OCc2cnccn2)c(-c2ccc3c(c2)CCNCC3)c1. The fourth-order valence-electron chi connectivity index (χ4n) is 3.38. The maximum Gasteiger partial charge on any atom is 0.132 e. The molecule has 0 amide bonds. The van der Waals surface area contributed by atoms with E-state index in [1.165, 1.54) is 11.1 Å². The summed E-state index contributed by atoms with van der Waals surface area (Å²) in [7, 11) is 1.68. The molecule has 0 aliphatic carbocycles. The second kappa shape index (κ2) is 8.18. The molecule has 1 aliphatic rings. The van der Waals surface area contributed by atoms with Crippen molar-refractivity contribution in [1.82, 2.24) is 15.3 Å².